The third-order valence-electron chi connectivity index (χ3n) is 3.61. The van der Waals surface area contributed by atoms with Crippen molar-refractivity contribution in [2.75, 3.05) is 0 Å². The van der Waals surface area contributed by atoms with Crippen molar-refractivity contribution in [2.24, 2.45) is 0 Å². The van der Waals surface area contributed by atoms with Crippen LogP contribution in [0, 0.1) is 0 Å². The molecule has 0 amide bonds. The van der Waals surface area contributed by atoms with Crippen molar-refractivity contribution in [1.29, 1.82) is 0 Å². The number of allylic oxidation sites excluding steroid dienone is 1. The molecule has 0 spiro atoms. The Bertz CT molecular complexity index is 511. The van der Waals surface area contributed by atoms with Crippen molar-refractivity contribution in [1.82, 2.24) is 0 Å². The van der Waals surface area contributed by atoms with Gasteiger partial charge in [0.1, 0.15) is 0 Å². The van der Waals surface area contributed by atoms with Crippen molar-refractivity contribution in [3.05, 3.63) is 41.0 Å². The molecule has 1 aliphatic carbocycles. The molecular weight excluding hydrogens is 240 g/mol. The van der Waals surface area contributed by atoms with Gasteiger partial charge in [0.25, 0.3) is 0 Å². The molecule has 1 N–H and O–H groups in total. The third-order valence-corrected chi connectivity index (χ3v) is 3.61. The number of Topliss-reactive ketones (excluding diaryl/α,β-unsaturated/α-hetero) is 1. The molecule has 3 nitrogen and oxygen atoms in total. The summed E-state index contributed by atoms with van der Waals surface area (Å²) in [6.07, 6.45) is 5.50. The molecule has 1 fully saturated rings. The Labute approximate surface area is 113 Å². The zero-order chi connectivity index (χ0) is 13.8. The normalized spacial score (nSPS) is 19.4. The van der Waals surface area contributed by atoms with E-state index in [4.69, 9.17) is 5.11 Å². The summed E-state index contributed by atoms with van der Waals surface area (Å²) in [5, 5.41) is 8.94. The molecule has 0 aliphatic heterocycles. The second-order valence-electron chi connectivity index (χ2n) is 5.03. The molecule has 3 heteroatoms. The van der Waals surface area contributed by atoms with Gasteiger partial charge in [-0.1, -0.05) is 24.3 Å². The first-order valence-electron chi connectivity index (χ1n) is 6.64. The van der Waals surface area contributed by atoms with Crippen LogP contribution in [0.4, 0.5) is 0 Å². The van der Waals surface area contributed by atoms with Crippen molar-refractivity contribution >= 4 is 17.8 Å². The van der Waals surface area contributed by atoms with Crippen LogP contribution >= 0.6 is 0 Å². The smallest absolute Gasteiger partial charge is 0.310 e. The van der Waals surface area contributed by atoms with E-state index >= 15 is 0 Å². The Morgan fingerprint density at radius 3 is 2.42 bits per heavy atom. The fourth-order valence-corrected chi connectivity index (χ4v) is 2.28. The van der Waals surface area contributed by atoms with Crippen molar-refractivity contribution in [2.45, 2.75) is 38.5 Å². The van der Waals surface area contributed by atoms with Gasteiger partial charge in [-0.25, -0.2) is 0 Å². The average molecular weight is 258 g/mol. The Morgan fingerprint density at radius 2 is 1.84 bits per heavy atom. The molecule has 19 heavy (non-hydrogen) atoms. The van der Waals surface area contributed by atoms with Crippen LogP contribution in [-0.2, 0) is 9.59 Å². The van der Waals surface area contributed by atoms with Crippen LogP contribution in [0.15, 0.2) is 29.8 Å². The molecule has 1 aromatic carbocycles. The van der Waals surface area contributed by atoms with E-state index in [0.29, 0.717) is 6.42 Å². The Hall–Kier alpha value is -1.90. The summed E-state index contributed by atoms with van der Waals surface area (Å²) in [5.41, 5.74) is 2.64. The predicted octanol–water partition coefficient (Wildman–Crippen LogP) is 3.40. The second kappa shape index (κ2) is 5.83. The van der Waals surface area contributed by atoms with E-state index in [1.807, 2.05) is 30.3 Å². The first-order chi connectivity index (χ1) is 9.08. The van der Waals surface area contributed by atoms with Crippen LogP contribution in [0.1, 0.15) is 49.7 Å². The summed E-state index contributed by atoms with van der Waals surface area (Å²) in [5.74, 6) is -1.08. The van der Waals surface area contributed by atoms with Crippen LogP contribution in [0.3, 0.4) is 0 Å². The number of hydrogen-bond acceptors (Lipinski definition) is 2. The van der Waals surface area contributed by atoms with E-state index in [9.17, 15) is 9.59 Å². The highest BCUT2D eigenvalue weighted by Gasteiger charge is 2.15. The number of benzene rings is 1. The van der Waals surface area contributed by atoms with Gasteiger partial charge in [0.15, 0.2) is 5.78 Å². The van der Waals surface area contributed by atoms with Gasteiger partial charge in [0, 0.05) is 6.42 Å². The van der Waals surface area contributed by atoms with Gasteiger partial charge in [0.2, 0.25) is 0 Å². The highest BCUT2D eigenvalue weighted by atomic mass is 16.4. The largest absolute Gasteiger partial charge is 0.481 e. The van der Waals surface area contributed by atoms with Gasteiger partial charge in [-0.2, -0.15) is 0 Å². The van der Waals surface area contributed by atoms with Gasteiger partial charge < -0.3 is 5.11 Å². The zero-order valence-electron chi connectivity index (χ0n) is 11.1. The maximum atomic E-state index is 11.7. The van der Waals surface area contributed by atoms with Crippen LogP contribution in [0.5, 0.6) is 0 Å². The highest BCUT2D eigenvalue weighted by Crippen LogP contribution is 2.23. The molecule has 0 bridgehead atoms. The molecule has 0 radical (unpaired) electrons. The molecule has 100 valence electrons. The summed E-state index contributed by atoms with van der Waals surface area (Å²) in [6, 6.07) is 7.39. The number of hydrogen-bond donors (Lipinski definition) is 1. The molecule has 0 unspecified atom stereocenters. The predicted molar refractivity (Wildman–Crippen MR) is 73.9 cm³/mol. The van der Waals surface area contributed by atoms with Gasteiger partial charge >= 0.3 is 5.97 Å². The van der Waals surface area contributed by atoms with Gasteiger partial charge in [-0.3, -0.25) is 9.59 Å². The van der Waals surface area contributed by atoms with Gasteiger partial charge in [-0.15, -0.1) is 0 Å². The average Bonchev–Trinajstić information content (AvgIpc) is 2.41. The SMILES string of the molecule is C[C@@H](C(=O)O)c1ccc(/C=C2\CCCCC2=O)cc1. The minimum absolute atomic E-state index is 0.245. The summed E-state index contributed by atoms with van der Waals surface area (Å²) >= 11 is 0. The molecule has 0 aromatic heterocycles. The van der Waals surface area contributed by atoms with Crippen molar-refractivity contribution in [3.63, 3.8) is 0 Å². The molecule has 0 heterocycles. The Kier molecular flexibility index (Phi) is 4.15. The minimum Gasteiger partial charge on any atom is -0.481 e. The maximum absolute atomic E-state index is 11.7. The fourth-order valence-electron chi connectivity index (χ4n) is 2.28. The number of aliphatic carboxylic acids is 1. The number of carbonyl (C=O) groups excluding carboxylic acids is 1. The molecule has 1 saturated carbocycles. The quantitative estimate of drug-likeness (QED) is 0.845. The minimum atomic E-state index is -0.825. The number of carboxylic acid groups (broad SMARTS) is 1. The van der Waals surface area contributed by atoms with E-state index in [1.54, 1.807) is 6.92 Å². The summed E-state index contributed by atoms with van der Waals surface area (Å²) < 4.78 is 0. The lowest BCUT2D eigenvalue weighted by Gasteiger charge is -2.12. The standard InChI is InChI=1S/C16H18O3/c1-11(16(18)19)13-8-6-12(7-9-13)10-14-4-2-3-5-15(14)17/h6-11H,2-5H2,1H3,(H,18,19)/b14-10+/t11-/m1/s1. The van der Waals surface area contributed by atoms with E-state index in [0.717, 1.165) is 36.0 Å². The topological polar surface area (TPSA) is 54.4 Å². The molecule has 1 aliphatic rings. The van der Waals surface area contributed by atoms with Crippen LogP contribution < -0.4 is 0 Å². The maximum Gasteiger partial charge on any atom is 0.310 e. The summed E-state index contributed by atoms with van der Waals surface area (Å²) in [7, 11) is 0. The monoisotopic (exact) mass is 258 g/mol. The highest BCUT2D eigenvalue weighted by molar-refractivity contribution is 6.00. The second-order valence-corrected chi connectivity index (χ2v) is 5.03. The van der Waals surface area contributed by atoms with Crippen molar-refractivity contribution < 1.29 is 14.7 Å². The van der Waals surface area contributed by atoms with Crippen LogP contribution in [0.2, 0.25) is 0 Å². The number of carboxylic acids is 1. The molecule has 2 rings (SSSR count). The molecular formula is C16H18O3. The van der Waals surface area contributed by atoms with Crippen molar-refractivity contribution in [3.8, 4) is 0 Å². The van der Waals surface area contributed by atoms with E-state index in [-0.39, 0.29) is 5.78 Å². The number of ketones is 1. The fraction of sp³-hybridized carbons (Fsp3) is 0.375. The molecule has 1 aromatic rings. The molecule has 0 saturated heterocycles. The number of carbonyl (C=O) groups is 2. The summed E-state index contributed by atoms with van der Waals surface area (Å²) in [6.45, 7) is 1.67. The lowest BCUT2D eigenvalue weighted by atomic mass is 9.91. The lowest BCUT2D eigenvalue weighted by molar-refractivity contribution is -0.138. The third kappa shape index (κ3) is 3.31. The molecule has 1 atom stereocenters. The lowest BCUT2D eigenvalue weighted by Crippen LogP contribution is -2.08. The van der Waals surface area contributed by atoms with Gasteiger partial charge in [0.05, 0.1) is 5.92 Å². The zero-order valence-corrected chi connectivity index (χ0v) is 11.1. The summed E-state index contributed by atoms with van der Waals surface area (Å²) in [4.78, 5) is 22.6. The number of rotatable bonds is 3. The Balaban J connectivity index is 2.16. The van der Waals surface area contributed by atoms with E-state index in [2.05, 4.69) is 0 Å². The van der Waals surface area contributed by atoms with E-state index < -0.39 is 11.9 Å². The van der Waals surface area contributed by atoms with Gasteiger partial charge in [-0.05, 0) is 49.0 Å². The Morgan fingerprint density at radius 1 is 1.21 bits per heavy atom. The van der Waals surface area contributed by atoms with Crippen LogP contribution in [-0.4, -0.2) is 16.9 Å². The van der Waals surface area contributed by atoms with E-state index in [1.165, 1.54) is 0 Å². The first kappa shape index (κ1) is 13.5. The first-order valence-corrected chi connectivity index (χ1v) is 6.64. The van der Waals surface area contributed by atoms with Crippen LogP contribution in [0.25, 0.3) is 6.08 Å².